The molecule has 0 bridgehead atoms. The van der Waals surface area contributed by atoms with Crippen molar-refractivity contribution in [2.45, 2.75) is 39.2 Å². The van der Waals surface area contributed by atoms with E-state index >= 15 is 0 Å². The fraction of sp³-hybridized carbons (Fsp3) is 0.600. The summed E-state index contributed by atoms with van der Waals surface area (Å²) in [6.07, 6.45) is 1.18. The Hall–Kier alpha value is -1.02. The Labute approximate surface area is 104 Å². The van der Waals surface area contributed by atoms with Gasteiger partial charge in [-0.1, -0.05) is 32.0 Å². The summed E-state index contributed by atoms with van der Waals surface area (Å²) in [7, 11) is 0. The van der Waals surface area contributed by atoms with Gasteiger partial charge in [0.15, 0.2) is 0 Å². The number of hydrogen-bond acceptors (Lipinski definition) is 2. The summed E-state index contributed by atoms with van der Waals surface area (Å²) in [5, 5.41) is 3.62. The van der Waals surface area contributed by atoms with Gasteiger partial charge in [0, 0.05) is 12.0 Å². The van der Waals surface area contributed by atoms with E-state index in [-0.39, 0.29) is 0 Å². The highest BCUT2D eigenvalue weighted by atomic mass is 16.5. The molecule has 1 aliphatic heterocycles. The number of fused-ring (bicyclic) bond motifs is 1. The monoisotopic (exact) mass is 233 g/mol. The van der Waals surface area contributed by atoms with E-state index in [4.69, 9.17) is 4.74 Å². The number of para-hydroxylation sites is 1. The van der Waals surface area contributed by atoms with Crippen LogP contribution < -0.4 is 10.1 Å². The maximum absolute atomic E-state index is 5.79. The van der Waals surface area contributed by atoms with Gasteiger partial charge < -0.3 is 10.1 Å². The quantitative estimate of drug-likeness (QED) is 0.862. The SMILES string of the molecule is CCCNC(C)C1c2ccccc2OCC1C. The first-order valence-electron chi connectivity index (χ1n) is 6.69. The maximum atomic E-state index is 5.79. The molecule has 3 unspecified atom stereocenters. The zero-order valence-electron chi connectivity index (χ0n) is 11.1. The Kier molecular flexibility index (Phi) is 4.06. The molecule has 0 saturated heterocycles. The molecule has 2 nitrogen and oxygen atoms in total. The second-order valence-corrected chi connectivity index (χ2v) is 5.09. The van der Waals surface area contributed by atoms with Crippen molar-refractivity contribution in [3.63, 3.8) is 0 Å². The normalized spacial score (nSPS) is 24.9. The predicted molar refractivity (Wildman–Crippen MR) is 71.6 cm³/mol. The fourth-order valence-electron chi connectivity index (χ4n) is 2.78. The average molecular weight is 233 g/mol. The maximum Gasteiger partial charge on any atom is 0.122 e. The first-order valence-corrected chi connectivity index (χ1v) is 6.69. The van der Waals surface area contributed by atoms with Crippen molar-refractivity contribution in [3.8, 4) is 5.75 Å². The second-order valence-electron chi connectivity index (χ2n) is 5.09. The van der Waals surface area contributed by atoms with Crippen LogP contribution in [0.15, 0.2) is 24.3 Å². The van der Waals surface area contributed by atoms with E-state index in [2.05, 4.69) is 50.4 Å². The summed E-state index contributed by atoms with van der Waals surface area (Å²) in [6.45, 7) is 8.71. The minimum absolute atomic E-state index is 0.509. The number of rotatable bonds is 4. The molecule has 1 N–H and O–H groups in total. The van der Waals surface area contributed by atoms with Crippen LogP contribution in [0.1, 0.15) is 38.7 Å². The molecule has 2 heteroatoms. The van der Waals surface area contributed by atoms with Gasteiger partial charge in [-0.05, 0) is 37.4 Å². The Morgan fingerprint density at radius 2 is 2.18 bits per heavy atom. The van der Waals surface area contributed by atoms with Gasteiger partial charge >= 0.3 is 0 Å². The molecular formula is C15H23NO. The number of hydrogen-bond donors (Lipinski definition) is 1. The number of ether oxygens (including phenoxy) is 1. The van der Waals surface area contributed by atoms with E-state index in [0.717, 1.165) is 18.9 Å². The van der Waals surface area contributed by atoms with Gasteiger partial charge in [0.2, 0.25) is 0 Å². The van der Waals surface area contributed by atoms with Crippen LogP contribution in [0, 0.1) is 5.92 Å². The zero-order valence-corrected chi connectivity index (χ0v) is 11.1. The van der Waals surface area contributed by atoms with Crippen LogP contribution in [0.3, 0.4) is 0 Å². The Bertz CT molecular complexity index is 364. The Balaban J connectivity index is 2.20. The van der Waals surface area contributed by atoms with Gasteiger partial charge in [-0.15, -0.1) is 0 Å². The predicted octanol–water partition coefficient (Wildman–Crippen LogP) is 3.19. The molecule has 1 aromatic rings. The lowest BCUT2D eigenvalue weighted by molar-refractivity contribution is 0.186. The van der Waals surface area contributed by atoms with Gasteiger partial charge in [-0.3, -0.25) is 0 Å². The van der Waals surface area contributed by atoms with Crippen molar-refractivity contribution in [3.05, 3.63) is 29.8 Å². The summed E-state index contributed by atoms with van der Waals surface area (Å²) in [5.74, 6) is 2.21. The molecule has 0 spiro atoms. The molecule has 94 valence electrons. The number of nitrogens with one attached hydrogen (secondary N) is 1. The van der Waals surface area contributed by atoms with Gasteiger partial charge in [-0.25, -0.2) is 0 Å². The lowest BCUT2D eigenvalue weighted by atomic mass is 9.80. The standard InChI is InChI=1S/C15H23NO/c1-4-9-16-12(3)15-11(2)10-17-14-8-6-5-7-13(14)15/h5-8,11-12,15-16H,4,9-10H2,1-3H3. The molecule has 1 heterocycles. The van der Waals surface area contributed by atoms with E-state index in [0.29, 0.717) is 17.9 Å². The topological polar surface area (TPSA) is 21.3 Å². The third-order valence-corrected chi connectivity index (χ3v) is 3.65. The van der Waals surface area contributed by atoms with Crippen LogP contribution in [0.4, 0.5) is 0 Å². The van der Waals surface area contributed by atoms with Crippen molar-refractivity contribution < 1.29 is 4.74 Å². The van der Waals surface area contributed by atoms with Crippen LogP contribution in [0.2, 0.25) is 0 Å². The van der Waals surface area contributed by atoms with Gasteiger partial charge in [0.05, 0.1) is 6.61 Å². The summed E-state index contributed by atoms with van der Waals surface area (Å²) < 4.78 is 5.79. The summed E-state index contributed by atoms with van der Waals surface area (Å²) in [5.41, 5.74) is 1.36. The highest BCUT2D eigenvalue weighted by Crippen LogP contribution is 2.38. The van der Waals surface area contributed by atoms with Crippen LogP contribution in [-0.4, -0.2) is 19.2 Å². The van der Waals surface area contributed by atoms with Crippen molar-refractivity contribution in [2.24, 2.45) is 5.92 Å². The van der Waals surface area contributed by atoms with Gasteiger partial charge in [0.1, 0.15) is 5.75 Å². The van der Waals surface area contributed by atoms with E-state index in [1.807, 2.05) is 0 Å². The van der Waals surface area contributed by atoms with Crippen molar-refractivity contribution in [2.75, 3.05) is 13.2 Å². The van der Waals surface area contributed by atoms with Crippen LogP contribution in [0.25, 0.3) is 0 Å². The smallest absolute Gasteiger partial charge is 0.122 e. The molecule has 0 amide bonds. The molecule has 2 rings (SSSR count). The van der Waals surface area contributed by atoms with Crippen molar-refractivity contribution in [1.29, 1.82) is 0 Å². The molecule has 0 saturated carbocycles. The lowest BCUT2D eigenvalue weighted by Gasteiger charge is -2.35. The van der Waals surface area contributed by atoms with Crippen molar-refractivity contribution in [1.82, 2.24) is 5.32 Å². The Morgan fingerprint density at radius 3 is 2.94 bits per heavy atom. The van der Waals surface area contributed by atoms with Crippen molar-refractivity contribution >= 4 is 0 Å². The lowest BCUT2D eigenvalue weighted by Crippen LogP contribution is -2.39. The third-order valence-electron chi connectivity index (χ3n) is 3.65. The molecular weight excluding hydrogens is 210 g/mol. The molecule has 0 aliphatic carbocycles. The highest BCUT2D eigenvalue weighted by molar-refractivity contribution is 5.39. The minimum Gasteiger partial charge on any atom is -0.493 e. The molecule has 17 heavy (non-hydrogen) atoms. The van der Waals surface area contributed by atoms with Gasteiger partial charge in [-0.2, -0.15) is 0 Å². The minimum atomic E-state index is 0.509. The first kappa shape index (κ1) is 12.4. The average Bonchev–Trinajstić information content (AvgIpc) is 2.35. The molecule has 0 fully saturated rings. The summed E-state index contributed by atoms with van der Waals surface area (Å²) >= 11 is 0. The third kappa shape index (κ3) is 2.63. The Morgan fingerprint density at radius 1 is 1.41 bits per heavy atom. The van der Waals surface area contributed by atoms with Crippen LogP contribution >= 0.6 is 0 Å². The number of benzene rings is 1. The molecule has 0 aromatic heterocycles. The molecule has 0 radical (unpaired) electrons. The largest absolute Gasteiger partial charge is 0.493 e. The summed E-state index contributed by atoms with van der Waals surface area (Å²) in [6, 6.07) is 8.96. The molecule has 3 atom stereocenters. The van der Waals surface area contributed by atoms with Crippen LogP contribution in [-0.2, 0) is 0 Å². The van der Waals surface area contributed by atoms with Crippen LogP contribution in [0.5, 0.6) is 5.75 Å². The second kappa shape index (κ2) is 5.54. The highest BCUT2D eigenvalue weighted by Gasteiger charge is 2.31. The summed E-state index contributed by atoms with van der Waals surface area (Å²) in [4.78, 5) is 0. The molecule has 1 aliphatic rings. The fourth-order valence-corrected chi connectivity index (χ4v) is 2.78. The van der Waals surface area contributed by atoms with Gasteiger partial charge in [0.25, 0.3) is 0 Å². The van der Waals surface area contributed by atoms with E-state index in [9.17, 15) is 0 Å². The van der Waals surface area contributed by atoms with E-state index in [1.165, 1.54) is 12.0 Å². The van der Waals surface area contributed by atoms with E-state index < -0.39 is 0 Å². The first-order chi connectivity index (χ1) is 8.24. The zero-order chi connectivity index (χ0) is 12.3. The molecule has 1 aromatic carbocycles. The van der Waals surface area contributed by atoms with E-state index in [1.54, 1.807) is 0 Å².